The van der Waals surface area contributed by atoms with Gasteiger partial charge in [-0.15, -0.1) is 0 Å². The van der Waals surface area contributed by atoms with Crippen LogP contribution in [0, 0.1) is 0 Å². The fraction of sp³-hybridized carbons (Fsp3) is 0.357. The number of nitrogens with one attached hydrogen (secondary N) is 1. The minimum atomic E-state index is 0.00714. The van der Waals surface area contributed by atoms with Crippen LogP contribution in [0.15, 0.2) is 28.6 Å². The van der Waals surface area contributed by atoms with Crippen molar-refractivity contribution in [3.63, 3.8) is 0 Å². The second kappa shape index (κ2) is 7.99. The van der Waals surface area contributed by atoms with Gasteiger partial charge in [0.15, 0.2) is 4.34 Å². The number of carbonyl (C=O) groups is 1. The normalized spacial score (nSPS) is 10.5. The van der Waals surface area contributed by atoms with Crippen molar-refractivity contribution in [2.75, 3.05) is 16.8 Å². The highest BCUT2D eigenvalue weighted by Gasteiger charge is 2.05. The Kier molecular flexibility index (Phi) is 6.01. The van der Waals surface area contributed by atoms with E-state index in [-0.39, 0.29) is 5.91 Å². The molecule has 0 saturated heterocycles. The molecule has 5 nitrogen and oxygen atoms in total. The first-order valence-corrected chi connectivity index (χ1v) is 8.54. The van der Waals surface area contributed by atoms with E-state index in [4.69, 9.17) is 5.73 Å². The van der Waals surface area contributed by atoms with Crippen LogP contribution in [0.5, 0.6) is 0 Å². The Bertz CT molecular complexity index is 600. The van der Waals surface area contributed by atoms with E-state index in [1.807, 2.05) is 19.1 Å². The van der Waals surface area contributed by atoms with Gasteiger partial charge in [-0.2, -0.15) is 4.37 Å². The lowest BCUT2D eigenvalue weighted by Crippen LogP contribution is -2.11. The Morgan fingerprint density at radius 3 is 3.05 bits per heavy atom. The van der Waals surface area contributed by atoms with E-state index < -0.39 is 0 Å². The number of benzene rings is 1. The molecular weight excluding hydrogens is 304 g/mol. The SMILES string of the molecule is CCc1nsc(SCCCC(=O)Nc2cccc(N)c2)n1. The third-order valence-electron chi connectivity index (χ3n) is 2.71. The first-order chi connectivity index (χ1) is 10.2. The summed E-state index contributed by atoms with van der Waals surface area (Å²) < 4.78 is 5.21. The maximum atomic E-state index is 11.8. The summed E-state index contributed by atoms with van der Waals surface area (Å²) in [5.41, 5.74) is 7.05. The van der Waals surface area contributed by atoms with E-state index in [1.54, 1.807) is 23.9 Å². The second-order valence-electron chi connectivity index (χ2n) is 4.46. The van der Waals surface area contributed by atoms with Crippen molar-refractivity contribution in [3.8, 4) is 0 Å². The number of rotatable bonds is 7. The van der Waals surface area contributed by atoms with E-state index >= 15 is 0 Å². The Hall–Kier alpha value is -1.60. The van der Waals surface area contributed by atoms with E-state index in [2.05, 4.69) is 14.7 Å². The van der Waals surface area contributed by atoms with Crippen LogP contribution in [0.3, 0.4) is 0 Å². The van der Waals surface area contributed by atoms with Gasteiger partial charge in [-0.25, -0.2) is 4.98 Å². The van der Waals surface area contributed by atoms with Gasteiger partial charge < -0.3 is 11.1 Å². The van der Waals surface area contributed by atoms with Gasteiger partial charge in [0.05, 0.1) is 0 Å². The summed E-state index contributed by atoms with van der Waals surface area (Å²) >= 11 is 3.08. The quantitative estimate of drug-likeness (QED) is 0.465. The van der Waals surface area contributed by atoms with Crippen molar-refractivity contribution in [1.29, 1.82) is 0 Å². The van der Waals surface area contributed by atoms with Crippen LogP contribution < -0.4 is 11.1 Å². The molecular formula is C14H18N4OS2. The number of nitrogen functional groups attached to an aromatic ring is 1. The molecule has 0 spiro atoms. The van der Waals surface area contributed by atoms with Crippen LogP contribution in [0.1, 0.15) is 25.6 Å². The van der Waals surface area contributed by atoms with Crippen LogP contribution in [0.2, 0.25) is 0 Å². The van der Waals surface area contributed by atoms with Crippen LogP contribution in [-0.4, -0.2) is 21.0 Å². The molecule has 3 N–H and O–H groups in total. The number of thioether (sulfide) groups is 1. The molecule has 1 amide bonds. The van der Waals surface area contributed by atoms with Crippen LogP contribution in [0.4, 0.5) is 11.4 Å². The zero-order valence-electron chi connectivity index (χ0n) is 11.8. The van der Waals surface area contributed by atoms with E-state index in [0.717, 1.165) is 34.4 Å². The molecule has 0 fully saturated rings. The van der Waals surface area contributed by atoms with Gasteiger partial charge in [0, 0.05) is 30.0 Å². The summed E-state index contributed by atoms with van der Waals surface area (Å²) in [6.45, 7) is 2.04. The second-order valence-corrected chi connectivity index (χ2v) is 6.55. The highest BCUT2D eigenvalue weighted by Crippen LogP contribution is 2.21. The molecule has 0 bridgehead atoms. The lowest BCUT2D eigenvalue weighted by Gasteiger charge is -2.05. The minimum absolute atomic E-state index is 0.00714. The third-order valence-corrected chi connectivity index (χ3v) is 4.67. The molecule has 2 rings (SSSR count). The summed E-state index contributed by atoms with van der Waals surface area (Å²) in [6, 6.07) is 7.19. The molecule has 1 aromatic heterocycles. The molecule has 0 radical (unpaired) electrons. The fourth-order valence-corrected chi connectivity index (χ4v) is 3.38. The average Bonchev–Trinajstić information content (AvgIpc) is 2.91. The molecule has 21 heavy (non-hydrogen) atoms. The van der Waals surface area contributed by atoms with E-state index in [0.29, 0.717) is 12.1 Å². The van der Waals surface area contributed by atoms with Crippen molar-refractivity contribution in [2.24, 2.45) is 0 Å². The maximum Gasteiger partial charge on any atom is 0.224 e. The molecule has 0 aliphatic carbocycles. The monoisotopic (exact) mass is 322 g/mol. The van der Waals surface area contributed by atoms with E-state index in [9.17, 15) is 4.79 Å². The lowest BCUT2D eigenvalue weighted by molar-refractivity contribution is -0.116. The number of hydrogen-bond acceptors (Lipinski definition) is 6. The third kappa shape index (κ3) is 5.35. The predicted octanol–water partition coefficient (Wildman–Crippen LogP) is 3.19. The summed E-state index contributed by atoms with van der Waals surface area (Å²) in [5, 5.41) is 2.84. The minimum Gasteiger partial charge on any atom is -0.399 e. The van der Waals surface area contributed by atoms with Gasteiger partial charge in [-0.1, -0.05) is 24.8 Å². The zero-order valence-corrected chi connectivity index (χ0v) is 13.5. The van der Waals surface area contributed by atoms with Gasteiger partial charge in [0.2, 0.25) is 5.91 Å². The highest BCUT2D eigenvalue weighted by atomic mass is 32.2. The Morgan fingerprint density at radius 1 is 1.48 bits per heavy atom. The zero-order chi connectivity index (χ0) is 15.1. The first kappa shape index (κ1) is 15.8. The van der Waals surface area contributed by atoms with Crippen molar-refractivity contribution in [2.45, 2.75) is 30.5 Å². The topological polar surface area (TPSA) is 80.9 Å². The molecule has 0 atom stereocenters. The van der Waals surface area contributed by atoms with Crippen LogP contribution in [-0.2, 0) is 11.2 Å². The van der Waals surface area contributed by atoms with Crippen LogP contribution in [0.25, 0.3) is 0 Å². The molecule has 0 saturated carbocycles. The Morgan fingerprint density at radius 2 is 2.33 bits per heavy atom. The number of nitrogens with two attached hydrogens (primary N) is 1. The summed E-state index contributed by atoms with van der Waals surface area (Å²) in [6.07, 6.45) is 2.15. The fourth-order valence-electron chi connectivity index (χ4n) is 1.67. The molecule has 1 aromatic carbocycles. The van der Waals surface area contributed by atoms with Crippen molar-refractivity contribution < 1.29 is 4.79 Å². The Labute approximate surface area is 132 Å². The predicted molar refractivity (Wildman–Crippen MR) is 88.7 cm³/mol. The largest absolute Gasteiger partial charge is 0.399 e. The summed E-state index contributed by atoms with van der Waals surface area (Å²) in [5.74, 6) is 1.76. The maximum absolute atomic E-state index is 11.8. The molecule has 0 unspecified atom stereocenters. The van der Waals surface area contributed by atoms with Gasteiger partial charge >= 0.3 is 0 Å². The molecule has 112 valence electrons. The van der Waals surface area contributed by atoms with Gasteiger partial charge in [-0.05, 0) is 36.2 Å². The van der Waals surface area contributed by atoms with Crippen molar-refractivity contribution in [1.82, 2.24) is 9.36 Å². The smallest absolute Gasteiger partial charge is 0.224 e. The molecule has 2 aromatic rings. The molecule has 0 aliphatic heterocycles. The van der Waals surface area contributed by atoms with Crippen molar-refractivity contribution in [3.05, 3.63) is 30.1 Å². The summed E-state index contributed by atoms with van der Waals surface area (Å²) in [7, 11) is 0. The highest BCUT2D eigenvalue weighted by molar-refractivity contribution is 8.00. The number of aromatic nitrogens is 2. The standard InChI is InChI=1S/C14H18N4OS2/c1-2-12-17-14(21-18-12)20-8-4-7-13(19)16-11-6-3-5-10(15)9-11/h3,5-6,9H,2,4,7-8,15H2,1H3,(H,16,19). The molecule has 0 aliphatic rings. The summed E-state index contributed by atoms with van der Waals surface area (Å²) in [4.78, 5) is 16.2. The first-order valence-electron chi connectivity index (χ1n) is 6.78. The van der Waals surface area contributed by atoms with Gasteiger partial charge in [0.1, 0.15) is 5.82 Å². The number of carbonyl (C=O) groups excluding carboxylic acids is 1. The van der Waals surface area contributed by atoms with E-state index in [1.165, 1.54) is 11.5 Å². The van der Waals surface area contributed by atoms with Crippen molar-refractivity contribution >= 4 is 40.6 Å². The number of amides is 1. The van der Waals surface area contributed by atoms with Crippen LogP contribution >= 0.6 is 23.3 Å². The lowest BCUT2D eigenvalue weighted by atomic mass is 10.2. The number of nitrogens with zero attached hydrogens (tertiary/aromatic N) is 2. The number of aryl methyl sites for hydroxylation is 1. The number of hydrogen-bond donors (Lipinski definition) is 2. The Balaban J connectivity index is 1.67. The average molecular weight is 322 g/mol. The number of anilines is 2. The van der Waals surface area contributed by atoms with Gasteiger partial charge in [-0.3, -0.25) is 4.79 Å². The molecule has 1 heterocycles. The molecule has 7 heteroatoms. The van der Waals surface area contributed by atoms with Gasteiger partial charge in [0.25, 0.3) is 0 Å².